The lowest BCUT2D eigenvalue weighted by atomic mass is 9.74. The Morgan fingerprint density at radius 2 is 1.63 bits per heavy atom. The summed E-state index contributed by atoms with van der Waals surface area (Å²) in [7, 11) is 0. The molecule has 0 atom stereocenters. The molecule has 114 valence electrons. The van der Waals surface area contributed by atoms with Crippen molar-refractivity contribution in [3.05, 3.63) is 0 Å². The highest BCUT2D eigenvalue weighted by atomic mass is 16.5. The van der Waals surface area contributed by atoms with E-state index in [2.05, 4.69) is 46.4 Å². The molecular weight excluding hydrogens is 234 g/mol. The summed E-state index contributed by atoms with van der Waals surface area (Å²) in [5.74, 6) is 0.789. The quantitative estimate of drug-likeness (QED) is 0.655. The van der Waals surface area contributed by atoms with Crippen molar-refractivity contribution in [3.63, 3.8) is 0 Å². The van der Waals surface area contributed by atoms with Crippen LogP contribution in [0.2, 0.25) is 0 Å². The average molecular weight is 269 g/mol. The zero-order chi connectivity index (χ0) is 14.5. The molecule has 0 aromatic carbocycles. The van der Waals surface area contributed by atoms with Gasteiger partial charge in [-0.05, 0) is 49.7 Å². The summed E-state index contributed by atoms with van der Waals surface area (Å²) < 4.78 is 5.34. The normalized spacial score (nSPS) is 17.8. The highest BCUT2D eigenvalue weighted by molar-refractivity contribution is 4.82. The minimum Gasteiger partial charge on any atom is -0.381 e. The van der Waals surface area contributed by atoms with E-state index in [1.165, 1.54) is 38.9 Å². The molecule has 0 unspecified atom stereocenters. The molecule has 0 aliphatic carbocycles. The van der Waals surface area contributed by atoms with E-state index in [1.807, 2.05) is 0 Å². The lowest BCUT2D eigenvalue weighted by Crippen LogP contribution is -2.40. The predicted molar refractivity (Wildman–Crippen MR) is 83.5 cm³/mol. The Kier molecular flexibility index (Phi) is 6.32. The highest BCUT2D eigenvalue weighted by Crippen LogP contribution is 2.36. The van der Waals surface area contributed by atoms with Crippen LogP contribution in [0.1, 0.15) is 60.8 Å². The fraction of sp³-hybridized carbons (Fsp3) is 1.00. The van der Waals surface area contributed by atoms with Crippen LogP contribution in [0.25, 0.3) is 0 Å². The van der Waals surface area contributed by atoms with Crippen molar-refractivity contribution in [2.24, 2.45) is 16.7 Å². The van der Waals surface area contributed by atoms with Gasteiger partial charge in [-0.1, -0.05) is 41.5 Å². The number of nitrogens with zero attached hydrogens (tertiary/aromatic N) is 1. The molecule has 19 heavy (non-hydrogen) atoms. The second-order valence-electron chi connectivity index (χ2n) is 8.07. The van der Waals surface area contributed by atoms with E-state index in [9.17, 15) is 0 Å². The van der Waals surface area contributed by atoms with Gasteiger partial charge in [-0.2, -0.15) is 0 Å². The molecule has 1 aliphatic heterocycles. The largest absolute Gasteiger partial charge is 0.381 e. The lowest BCUT2D eigenvalue weighted by molar-refractivity contribution is -0.0910. The molecular formula is C17H35NO. The zero-order valence-corrected chi connectivity index (χ0v) is 14.1. The molecule has 2 nitrogen and oxygen atoms in total. The summed E-state index contributed by atoms with van der Waals surface area (Å²) in [5.41, 5.74) is 0.914. The van der Waals surface area contributed by atoms with Crippen LogP contribution < -0.4 is 0 Å². The Bertz CT molecular complexity index is 250. The van der Waals surface area contributed by atoms with Gasteiger partial charge in [0, 0.05) is 5.92 Å². The molecule has 1 aliphatic rings. The monoisotopic (exact) mass is 269 g/mol. The topological polar surface area (TPSA) is 12.5 Å². The summed E-state index contributed by atoms with van der Waals surface area (Å²) in [6.45, 7) is 19.7. The van der Waals surface area contributed by atoms with E-state index >= 15 is 0 Å². The Labute approximate surface area is 120 Å². The zero-order valence-electron chi connectivity index (χ0n) is 14.1. The predicted octanol–water partition coefficient (Wildman–Crippen LogP) is 4.20. The summed E-state index contributed by atoms with van der Waals surface area (Å²) >= 11 is 0. The van der Waals surface area contributed by atoms with Gasteiger partial charge in [-0.15, -0.1) is 0 Å². The molecule has 0 N–H and O–H groups in total. The van der Waals surface area contributed by atoms with Crippen molar-refractivity contribution < 1.29 is 4.74 Å². The SMILES string of the molecule is CCN(CCCC(C)(C)C1COC1)CCC(C)(C)C. The van der Waals surface area contributed by atoms with Gasteiger partial charge in [-0.25, -0.2) is 0 Å². The van der Waals surface area contributed by atoms with Crippen LogP contribution >= 0.6 is 0 Å². The summed E-state index contributed by atoms with van der Waals surface area (Å²) in [4.78, 5) is 2.61. The summed E-state index contributed by atoms with van der Waals surface area (Å²) in [6, 6.07) is 0. The third kappa shape index (κ3) is 6.27. The van der Waals surface area contributed by atoms with Gasteiger partial charge in [0.15, 0.2) is 0 Å². The Morgan fingerprint density at radius 3 is 2.05 bits per heavy atom. The number of ether oxygens (including phenoxy) is 1. The van der Waals surface area contributed by atoms with Crippen LogP contribution in [0.5, 0.6) is 0 Å². The summed E-state index contributed by atoms with van der Waals surface area (Å²) in [5, 5.41) is 0. The molecule has 1 heterocycles. The van der Waals surface area contributed by atoms with Crippen LogP contribution in [0.4, 0.5) is 0 Å². The van der Waals surface area contributed by atoms with E-state index in [0.29, 0.717) is 10.8 Å². The molecule has 1 rings (SSSR count). The van der Waals surface area contributed by atoms with Gasteiger partial charge in [-0.3, -0.25) is 0 Å². The molecule has 0 aromatic heterocycles. The Balaban J connectivity index is 2.21. The van der Waals surface area contributed by atoms with Crippen molar-refractivity contribution in [1.29, 1.82) is 0 Å². The third-order valence-electron chi connectivity index (χ3n) is 4.66. The fourth-order valence-electron chi connectivity index (χ4n) is 2.57. The maximum atomic E-state index is 5.34. The Hall–Kier alpha value is -0.0800. The van der Waals surface area contributed by atoms with E-state index in [4.69, 9.17) is 4.74 Å². The molecule has 0 saturated carbocycles. The minimum absolute atomic E-state index is 0.454. The van der Waals surface area contributed by atoms with Crippen LogP contribution in [-0.4, -0.2) is 37.7 Å². The number of rotatable bonds is 8. The van der Waals surface area contributed by atoms with Crippen molar-refractivity contribution >= 4 is 0 Å². The first kappa shape index (κ1) is 17.0. The molecule has 1 saturated heterocycles. The second-order valence-corrected chi connectivity index (χ2v) is 8.07. The van der Waals surface area contributed by atoms with E-state index in [-0.39, 0.29) is 0 Å². The van der Waals surface area contributed by atoms with Crippen molar-refractivity contribution in [2.45, 2.75) is 60.8 Å². The van der Waals surface area contributed by atoms with Gasteiger partial charge in [0.2, 0.25) is 0 Å². The first-order valence-electron chi connectivity index (χ1n) is 8.05. The fourth-order valence-corrected chi connectivity index (χ4v) is 2.57. The Morgan fingerprint density at radius 1 is 1.00 bits per heavy atom. The first-order chi connectivity index (χ1) is 8.74. The minimum atomic E-state index is 0.454. The van der Waals surface area contributed by atoms with E-state index in [0.717, 1.165) is 19.1 Å². The molecule has 0 radical (unpaired) electrons. The van der Waals surface area contributed by atoms with Gasteiger partial charge in [0.25, 0.3) is 0 Å². The molecule has 0 spiro atoms. The molecule has 0 amide bonds. The lowest BCUT2D eigenvalue weighted by Gasteiger charge is -2.40. The van der Waals surface area contributed by atoms with Gasteiger partial charge in [0.05, 0.1) is 13.2 Å². The standard InChI is InChI=1S/C17H35NO/c1-7-18(12-10-16(2,3)4)11-8-9-17(5,6)15-13-19-14-15/h15H,7-14H2,1-6H3. The molecule has 2 heteroatoms. The molecule has 1 fully saturated rings. The smallest absolute Gasteiger partial charge is 0.0521 e. The van der Waals surface area contributed by atoms with Crippen molar-refractivity contribution in [1.82, 2.24) is 4.90 Å². The van der Waals surface area contributed by atoms with Gasteiger partial charge in [0.1, 0.15) is 0 Å². The summed E-state index contributed by atoms with van der Waals surface area (Å²) in [6.07, 6.45) is 3.94. The maximum Gasteiger partial charge on any atom is 0.0521 e. The molecule has 0 bridgehead atoms. The van der Waals surface area contributed by atoms with Gasteiger partial charge >= 0.3 is 0 Å². The van der Waals surface area contributed by atoms with Crippen LogP contribution in [-0.2, 0) is 4.74 Å². The maximum absolute atomic E-state index is 5.34. The highest BCUT2D eigenvalue weighted by Gasteiger charge is 2.34. The van der Waals surface area contributed by atoms with Crippen molar-refractivity contribution in [2.75, 3.05) is 32.8 Å². The molecule has 0 aromatic rings. The van der Waals surface area contributed by atoms with Gasteiger partial charge < -0.3 is 9.64 Å². The number of hydrogen-bond donors (Lipinski definition) is 0. The third-order valence-corrected chi connectivity index (χ3v) is 4.66. The van der Waals surface area contributed by atoms with Crippen molar-refractivity contribution in [3.8, 4) is 0 Å². The van der Waals surface area contributed by atoms with E-state index in [1.54, 1.807) is 0 Å². The number of hydrogen-bond acceptors (Lipinski definition) is 2. The van der Waals surface area contributed by atoms with Crippen LogP contribution in [0.3, 0.4) is 0 Å². The first-order valence-corrected chi connectivity index (χ1v) is 8.05. The van der Waals surface area contributed by atoms with Crippen LogP contribution in [0, 0.1) is 16.7 Å². The van der Waals surface area contributed by atoms with E-state index < -0.39 is 0 Å². The van der Waals surface area contributed by atoms with Crippen LogP contribution in [0.15, 0.2) is 0 Å². The second kappa shape index (κ2) is 7.08. The average Bonchev–Trinajstić information content (AvgIpc) is 2.18.